The van der Waals surface area contributed by atoms with E-state index in [9.17, 15) is 9.59 Å². The Kier molecular flexibility index (Phi) is 2.98. The topological polar surface area (TPSA) is 85.1 Å². The fraction of sp³-hybridized carbons (Fsp3) is 0.600. The van der Waals surface area contributed by atoms with Gasteiger partial charge in [-0.1, -0.05) is 6.92 Å². The molecule has 1 N–H and O–H groups in total. The molecule has 1 fully saturated rings. The van der Waals surface area contributed by atoms with Crippen LogP contribution < -0.4 is 5.32 Å². The Morgan fingerprint density at radius 2 is 2.38 bits per heavy atom. The van der Waals surface area contributed by atoms with E-state index in [0.717, 1.165) is 12.8 Å². The molecule has 1 aromatic heterocycles. The van der Waals surface area contributed by atoms with Gasteiger partial charge in [0.2, 0.25) is 18.1 Å². The number of nitrogens with one attached hydrogen (secondary N) is 1. The number of carbonyl (C=O) groups excluding carboxylic acids is 2. The maximum absolute atomic E-state index is 11.8. The Labute approximate surface area is 92.4 Å². The third-order valence-corrected chi connectivity index (χ3v) is 2.57. The summed E-state index contributed by atoms with van der Waals surface area (Å²) in [5, 5.41) is 9.96. The van der Waals surface area contributed by atoms with Crippen molar-refractivity contribution in [2.24, 2.45) is 0 Å². The van der Waals surface area contributed by atoms with Crippen molar-refractivity contribution in [2.75, 3.05) is 0 Å². The number of rotatable bonds is 6. The van der Waals surface area contributed by atoms with E-state index in [-0.39, 0.29) is 11.7 Å². The lowest BCUT2D eigenvalue weighted by Crippen LogP contribution is -2.35. The summed E-state index contributed by atoms with van der Waals surface area (Å²) in [5.41, 5.74) is 0. The van der Waals surface area contributed by atoms with Crippen molar-refractivity contribution in [3.8, 4) is 0 Å². The Morgan fingerprint density at radius 3 is 2.94 bits per heavy atom. The lowest BCUT2D eigenvalue weighted by molar-refractivity contribution is -0.110. The van der Waals surface area contributed by atoms with Gasteiger partial charge in [-0.15, -0.1) is 10.2 Å². The molecule has 1 aromatic rings. The Balaban J connectivity index is 2.08. The first kappa shape index (κ1) is 10.8. The Hall–Kier alpha value is -1.72. The third kappa shape index (κ3) is 2.10. The van der Waals surface area contributed by atoms with Crippen molar-refractivity contribution in [1.29, 1.82) is 0 Å². The minimum Gasteiger partial charge on any atom is -0.418 e. The van der Waals surface area contributed by atoms with Crippen molar-refractivity contribution < 1.29 is 14.0 Å². The molecule has 86 valence electrons. The number of ketones is 1. The molecule has 1 heterocycles. The zero-order valence-corrected chi connectivity index (χ0v) is 8.97. The molecular formula is C10H13N3O3. The highest BCUT2D eigenvalue weighted by Crippen LogP contribution is 2.39. The Morgan fingerprint density at radius 1 is 1.62 bits per heavy atom. The van der Waals surface area contributed by atoms with Gasteiger partial charge in [-0.05, 0) is 19.3 Å². The number of hydrogen-bond acceptors (Lipinski definition) is 5. The lowest BCUT2D eigenvalue weighted by atomic mass is 10.1. The molecule has 0 spiro atoms. The number of amides is 1. The van der Waals surface area contributed by atoms with E-state index in [4.69, 9.17) is 4.42 Å². The molecule has 1 aliphatic rings. The number of carbonyl (C=O) groups is 2. The molecule has 1 saturated carbocycles. The van der Waals surface area contributed by atoms with Gasteiger partial charge in [0.05, 0.1) is 6.04 Å². The molecule has 6 nitrogen and oxygen atoms in total. The van der Waals surface area contributed by atoms with E-state index in [1.807, 2.05) is 0 Å². The molecule has 1 aliphatic carbocycles. The fourth-order valence-electron chi connectivity index (χ4n) is 1.44. The highest BCUT2D eigenvalue weighted by Gasteiger charge is 2.31. The fourth-order valence-corrected chi connectivity index (χ4v) is 1.44. The number of nitrogens with zero attached hydrogens (tertiary/aromatic N) is 2. The summed E-state index contributed by atoms with van der Waals surface area (Å²) in [6.07, 6.45) is 3.09. The van der Waals surface area contributed by atoms with Crippen LogP contribution in [0.25, 0.3) is 0 Å². The molecule has 6 heteroatoms. The average Bonchev–Trinajstić information content (AvgIpc) is 3.03. The first-order valence-corrected chi connectivity index (χ1v) is 5.33. The summed E-state index contributed by atoms with van der Waals surface area (Å²) in [4.78, 5) is 22.1. The van der Waals surface area contributed by atoms with Gasteiger partial charge in [0, 0.05) is 5.92 Å². The molecule has 0 aliphatic heterocycles. The first-order valence-electron chi connectivity index (χ1n) is 5.33. The molecule has 0 radical (unpaired) electrons. The summed E-state index contributed by atoms with van der Waals surface area (Å²) < 4.78 is 5.27. The molecule has 0 saturated heterocycles. The predicted octanol–water partition coefficient (Wildman–Crippen LogP) is 0.654. The first-order chi connectivity index (χ1) is 7.76. The van der Waals surface area contributed by atoms with Crippen LogP contribution in [0.4, 0.5) is 0 Å². The van der Waals surface area contributed by atoms with E-state index < -0.39 is 6.04 Å². The van der Waals surface area contributed by atoms with Crippen LogP contribution in [0.2, 0.25) is 0 Å². The zero-order valence-electron chi connectivity index (χ0n) is 8.97. The maximum atomic E-state index is 11.8. The van der Waals surface area contributed by atoms with E-state index in [1.54, 1.807) is 6.92 Å². The molecule has 1 atom stereocenters. The van der Waals surface area contributed by atoms with Gasteiger partial charge in [0.1, 0.15) is 0 Å². The van der Waals surface area contributed by atoms with Crippen LogP contribution in [0.15, 0.2) is 4.42 Å². The van der Waals surface area contributed by atoms with E-state index in [2.05, 4.69) is 15.5 Å². The number of Topliss-reactive ketones (excluding diaryl/α,β-unsaturated/α-hetero) is 1. The molecule has 1 amide bonds. The maximum Gasteiger partial charge on any atom is 0.286 e. The summed E-state index contributed by atoms with van der Waals surface area (Å²) in [6, 6.07) is -0.579. The summed E-state index contributed by atoms with van der Waals surface area (Å²) in [5.74, 6) is 0.523. The molecule has 0 aromatic carbocycles. The zero-order chi connectivity index (χ0) is 11.5. The second-order valence-corrected chi connectivity index (χ2v) is 3.83. The van der Waals surface area contributed by atoms with Gasteiger partial charge < -0.3 is 9.73 Å². The minimum atomic E-state index is -0.579. The highest BCUT2D eigenvalue weighted by atomic mass is 16.4. The van der Waals surface area contributed by atoms with E-state index >= 15 is 0 Å². The van der Waals surface area contributed by atoms with E-state index in [1.165, 1.54) is 0 Å². The standard InChI is InChI=1S/C10H13N3O3/c1-2-7(11-5-14)8(15)10-13-12-9(16-10)6-3-4-6/h5-7H,2-4H2,1H3,(H,11,14). The van der Waals surface area contributed by atoms with Crippen LogP contribution in [-0.4, -0.2) is 28.4 Å². The predicted molar refractivity (Wildman–Crippen MR) is 53.9 cm³/mol. The second kappa shape index (κ2) is 4.42. The summed E-state index contributed by atoms with van der Waals surface area (Å²) in [6.45, 7) is 1.80. The SMILES string of the molecule is CCC(NC=O)C(=O)c1nnc(C2CC2)o1. The summed E-state index contributed by atoms with van der Waals surface area (Å²) >= 11 is 0. The van der Waals surface area contributed by atoms with Gasteiger partial charge in [-0.2, -0.15) is 0 Å². The molecule has 2 rings (SSSR count). The van der Waals surface area contributed by atoms with Gasteiger partial charge in [-0.25, -0.2) is 0 Å². The van der Waals surface area contributed by atoms with Crippen molar-refractivity contribution in [2.45, 2.75) is 38.1 Å². The largest absolute Gasteiger partial charge is 0.418 e. The summed E-state index contributed by atoms with van der Waals surface area (Å²) in [7, 11) is 0. The van der Waals surface area contributed by atoms with Gasteiger partial charge in [-0.3, -0.25) is 9.59 Å². The lowest BCUT2D eigenvalue weighted by Gasteiger charge is -2.08. The van der Waals surface area contributed by atoms with Crippen molar-refractivity contribution in [1.82, 2.24) is 15.5 Å². The molecule has 16 heavy (non-hydrogen) atoms. The number of hydrogen-bond donors (Lipinski definition) is 1. The quantitative estimate of drug-likeness (QED) is 0.565. The monoisotopic (exact) mass is 223 g/mol. The number of aromatic nitrogens is 2. The average molecular weight is 223 g/mol. The molecular weight excluding hydrogens is 210 g/mol. The van der Waals surface area contributed by atoms with Crippen LogP contribution in [-0.2, 0) is 4.79 Å². The molecule has 1 unspecified atom stereocenters. The second-order valence-electron chi connectivity index (χ2n) is 3.83. The van der Waals surface area contributed by atoms with Crippen molar-refractivity contribution in [3.63, 3.8) is 0 Å². The Bertz CT molecular complexity index is 398. The highest BCUT2D eigenvalue weighted by molar-refractivity contribution is 5.96. The van der Waals surface area contributed by atoms with Crippen LogP contribution in [0.1, 0.15) is 48.7 Å². The molecule has 0 bridgehead atoms. The normalized spacial score (nSPS) is 16.8. The van der Waals surface area contributed by atoms with Gasteiger partial charge in [0.25, 0.3) is 5.89 Å². The van der Waals surface area contributed by atoms with Gasteiger partial charge >= 0.3 is 0 Å². The third-order valence-electron chi connectivity index (χ3n) is 2.57. The van der Waals surface area contributed by atoms with Crippen LogP contribution in [0.3, 0.4) is 0 Å². The minimum absolute atomic E-state index is 0.0110. The van der Waals surface area contributed by atoms with Crippen LogP contribution in [0, 0.1) is 0 Å². The van der Waals surface area contributed by atoms with Crippen molar-refractivity contribution in [3.05, 3.63) is 11.8 Å². The van der Waals surface area contributed by atoms with Crippen molar-refractivity contribution >= 4 is 12.2 Å². The van der Waals surface area contributed by atoms with Crippen LogP contribution >= 0.6 is 0 Å². The van der Waals surface area contributed by atoms with Gasteiger partial charge in [0.15, 0.2) is 0 Å². The van der Waals surface area contributed by atoms with E-state index in [0.29, 0.717) is 24.6 Å². The smallest absolute Gasteiger partial charge is 0.286 e. The van der Waals surface area contributed by atoms with Crippen LogP contribution in [0.5, 0.6) is 0 Å².